The number of carbonyl (C=O) groups is 2. The molecule has 0 bridgehead atoms. The summed E-state index contributed by atoms with van der Waals surface area (Å²) in [4.78, 5) is 22.5. The second-order valence-electron chi connectivity index (χ2n) is 4.54. The maximum absolute atomic E-state index is 11.3. The number of hydrogen-bond donors (Lipinski definition) is 1. The predicted octanol–water partition coefficient (Wildman–Crippen LogP) is 1.52. The maximum atomic E-state index is 11.3. The van der Waals surface area contributed by atoms with Gasteiger partial charge in [0.2, 0.25) is 0 Å². The molecule has 1 aliphatic rings. The minimum Gasteiger partial charge on any atom is -0.455 e. The van der Waals surface area contributed by atoms with Crippen molar-refractivity contribution in [1.82, 2.24) is 0 Å². The number of esters is 2. The Morgan fingerprint density at radius 3 is 2.70 bits per heavy atom. The van der Waals surface area contributed by atoms with Gasteiger partial charge in [-0.3, -0.25) is 4.79 Å². The number of ether oxygens (including phenoxy) is 2. The van der Waals surface area contributed by atoms with Gasteiger partial charge in [-0.1, -0.05) is 36.4 Å². The Labute approximate surface area is 116 Å². The van der Waals surface area contributed by atoms with Crippen LogP contribution in [0.4, 0.5) is 0 Å². The lowest BCUT2D eigenvalue weighted by atomic mass is 9.97. The summed E-state index contributed by atoms with van der Waals surface area (Å²) >= 11 is 0. The molecular weight excluding hydrogens is 260 g/mol. The summed E-state index contributed by atoms with van der Waals surface area (Å²) < 4.78 is 10.3. The largest absolute Gasteiger partial charge is 0.455 e. The smallest absolute Gasteiger partial charge is 0.330 e. The monoisotopic (exact) mass is 276 g/mol. The van der Waals surface area contributed by atoms with Crippen LogP contribution in [-0.2, 0) is 19.1 Å². The Balaban J connectivity index is 2.21. The number of cyclic esters (lactones) is 1. The molecule has 5 heteroatoms. The number of hydrogen-bond acceptors (Lipinski definition) is 5. The molecule has 1 aromatic rings. The van der Waals surface area contributed by atoms with E-state index in [1.165, 1.54) is 13.0 Å². The van der Waals surface area contributed by atoms with Gasteiger partial charge in [-0.05, 0) is 5.56 Å². The Morgan fingerprint density at radius 1 is 1.40 bits per heavy atom. The quantitative estimate of drug-likeness (QED) is 0.844. The molecule has 0 radical (unpaired) electrons. The van der Waals surface area contributed by atoms with E-state index in [2.05, 4.69) is 0 Å². The van der Waals surface area contributed by atoms with E-state index < -0.39 is 30.3 Å². The van der Waals surface area contributed by atoms with Crippen LogP contribution in [0.2, 0.25) is 0 Å². The van der Waals surface area contributed by atoms with E-state index in [1.54, 1.807) is 30.3 Å². The third-order valence-corrected chi connectivity index (χ3v) is 3.01. The first-order valence-corrected chi connectivity index (χ1v) is 6.35. The molecule has 0 amide bonds. The summed E-state index contributed by atoms with van der Waals surface area (Å²) in [6.07, 6.45) is 0.689. The molecule has 1 aliphatic heterocycles. The van der Waals surface area contributed by atoms with Gasteiger partial charge >= 0.3 is 11.9 Å². The highest BCUT2D eigenvalue weighted by Gasteiger charge is 2.35. The van der Waals surface area contributed by atoms with E-state index >= 15 is 0 Å². The molecule has 2 rings (SSSR count). The van der Waals surface area contributed by atoms with Gasteiger partial charge in [0.05, 0.1) is 0 Å². The van der Waals surface area contributed by atoms with Crippen molar-refractivity contribution in [2.45, 2.75) is 31.7 Å². The summed E-state index contributed by atoms with van der Waals surface area (Å²) in [5, 5.41) is 10.4. The van der Waals surface area contributed by atoms with Gasteiger partial charge < -0.3 is 14.6 Å². The van der Waals surface area contributed by atoms with Crippen LogP contribution >= 0.6 is 0 Å². The van der Waals surface area contributed by atoms with Gasteiger partial charge in [-0.25, -0.2) is 4.79 Å². The topological polar surface area (TPSA) is 72.8 Å². The molecule has 1 heterocycles. The lowest BCUT2D eigenvalue weighted by molar-refractivity contribution is -0.174. The summed E-state index contributed by atoms with van der Waals surface area (Å²) in [5.41, 5.74) is 0.601. The first-order valence-electron chi connectivity index (χ1n) is 6.35. The lowest BCUT2D eigenvalue weighted by Gasteiger charge is -2.30. The molecule has 0 unspecified atom stereocenters. The molecule has 1 aromatic carbocycles. The number of aliphatic hydroxyl groups is 1. The lowest BCUT2D eigenvalue weighted by Crippen LogP contribution is -2.40. The van der Waals surface area contributed by atoms with Crippen molar-refractivity contribution in [3.8, 4) is 0 Å². The van der Waals surface area contributed by atoms with Crippen LogP contribution in [0.3, 0.4) is 0 Å². The fraction of sp³-hybridized carbons (Fsp3) is 0.333. The highest BCUT2D eigenvalue weighted by atomic mass is 16.6. The normalized spacial score (nSPS) is 20.9. The van der Waals surface area contributed by atoms with Gasteiger partial charge in [-0.15, -0.1) is 0 Å². The van der Waals surface area contributed by atoms with Crippen LogP contribution in [-0.4, -0.2) is 29.3 Å². The van der Waals surface area contributed by atoms with Crippen molar-refractivity contribution in [2.75, 3.05) is 0 Å². The molecule has 0 aromatic heterocycles. The molecule has 106 valence electrons. The Hall–Kier alpha value is -2.14. The highest BCUT2D eigenvalue weighted by molar-refractivity contribution is 5.82. The first-order chi connectivity index (χ1) is 9.58. The molecule has 5 nitrogen and oxygen atoms in total. The van der Waals surface area contributed by atoms with Crippen molar-refractivity contribution in [3.05, 3.63) is 48.0 Å². The molecule has 0 aliphatic carbocycles. The van der Waals surface area contributed by atoms with Gasteiger partial charge in [0.15, 0.2) is 6.10 Å². The van der Waals surface area contributed by atoms with E-state index in [1.807, 2.05) is 6.07 Å². The van der Waals surface area contributed by atoms with Crippen LogP contribution < -0.4 is 0 Å². The van der Waals surface area contributed by atoms with Crippen molar-refractivity contribution in [2.24, 2.45) is 0 Å². The first kappa shape index (κ1) is 14.3. The zero-order valence-electron chi connectivity index (χ0n) is 11.1. The molecule has 0 saturated heterocycles. The second kappa shape index (κ2) is 6.34. The van der Waals surface area contributed by atoms with E-state index in [4.69, 9.17) is 9.47 Å². The number of benzene rings is 1. The van der Waals surface area contributed by atoms with Crippen molar-refractivity contribution < 1.29 is 24.2 Å². The van der Waals surface area contributed by atoms with Crippen LogP contribution in [0.1, 0.15) is 25.0 Å². The summed E-state index contributed by atoms with van der Waals surface area (Å²) in [6.45, 7) is 1.26. The van der Waals surface area contributed by atoms with Gasteiger partial charge in [0.25, 0.3) is 0 Å². The molecule has 0 fully saturated rings. The van der Waals surface area contributed by atoms with Crippen molar-refractivity contribution in [1.29, 1.82) is 0 Å². The summed E-state index contributed by atoms with van der Waals surface area (Å²) in [7, 11) is 0. The minimum absolute atomic E-state index is 0.396. The molecule has 1 N–H and O–H groups in total. The van der Waals surface area contributed by atoms with Crippen LogP contribution in [0, 0.1) is 0 Å². The fourth-order valence-corrected chi connectivity index (χ4v) is 2.11. The van der Waals surface area contributed by atoms with E-state index in [0.717, 1.165) is 0 Å². The van der Waals surface area contributed by atoms with Crippen molar-refractivity contribution in [3.63, 3.8) is 0 Å². The molecule has 0 spiro atoms. The van der Waals surface area contributed by atoms with Crippen LogP contribution in [0.15, 0.2) is 42.5 Å². The van der Waals surface area contributed by atoms with Gasteiger partial charge in [-0.2, -0.15) is 0 Å². The van der Waals surface area contributed by atoms with Crippen molar-refractivity contribution >= 4 is 11.9 Å². The highest BCUT2D eigenvalue weighted by Crippen LogP contribution is 2.26. The minimum atomic E-state index is -1.05. The van der Waals surface area contributed by atoms with E-state index in [0.29, 0.717) is 12.0 Å². The van der Waals surface area contributed by atoms with Gasteiger partial charge in [0, 0.05) is 19.4 Å². The van der Waals surface area contributed by atoms with E-state index in [9.17, 15) is 14.7 Å². The van der Waals surface area contributed by atoms with Crippen LogP contribution in [0.25, 0.3) is 0 Å². The Kier molecular flexibility index (Phi) is 4.53. The fourth-order valence-electron chi connectivity index (χ4n) is 2.11. The average molecular weight is 276 g/mol. The summed E-state index contributed by atoms with van der Waals surface area (Å²) in [6, 6.07) is 8.82. The number of rotatable bonds is 4. The molecule has 3 atom stereocenters. The zero-order valence-corrected chi connectivity index (χ0v) is 11.1. The second-order valence-corrected chi connectivity index (χ2v) is 4.54. The Morgan fingerprint density at radius 2 is 2.10 bits per heavy atom. The molecule has 20 heavy (non-hydrogen) atoms. The van der Waals surface area contributed by atoms with E-state index in [-0.39, 0.29) is 0 Å². The Bertz CT molecular complexity index is 508. The predicted molar refractivity (Wildman–Crippen MR) is 70.6 cm³/mol. The maximum Gasteiger partial charge on any atom is 0.330 e. The third-order valence-electron chi connectivity index (χ3n) is 3.01. The van der Waals surface area contributed by atoms with Crippen LogP contribution in [0.5, 0.6) is 0 Å². The SMILES string of the molecule is CC(=O)O[C@H]([C@@H]1CC=CC(=O)O1)[C@@H](O)c1ccccc1. The zero-order chi connectivity index (χ0) is 14.5. The standard InChI is InChI=1S/C15H16O5/c1-10(16)19-15(12-8-5-9-13(17)20-12)14(18)11-6-3-2-4-7-11/h2-7,9,12,14-15,18H,8H2,1H3/t12-,14-,15+/m0/s1. The summed E-state index contributed by atoms with van der Waals surface area (Å²) in [5.74, 6) is -1.03. The van der Waals surface area contributed by atoms with Gasteiger partial charge in [0.1, 0.15) is 12.2 Å². The average Bonchev–Trinajstić information content (AvgIpc) is 2.45. The molecule has 0 saturated carbocycles. The number of carbonyl (C=O) groups excluding carboxylic acids is 2. The number of aliphatic hydroxyl groups excluding tert-OH is 1. The third kappa shape index (κ3) is 3.45. The molecular formula is C15H16O5.